The topological polar surface area (TPSA) is 49.9 Å². The lowest BCUT2D eigenvalue weighted by atomic mass is 10.0. The van der Waals surface area contributed by atoms with Crippen LogP contribution in [0.2, 0.25) is 0 Å². The fourth-order valence-electron chi connectivity index (χ4n) is 4.37. The third-order valence-electron chi connectivity index (χ3n) is 5.81. The van der Waals surface area contributed by atoms with Gasteiger partial charge in [0.15, 0.2) is 0 Å². The van der Waals surface area contributed by atoms with Crippen molar-refractivity contribution in [3.63, 3.8) is 0 Å². The van der Waals surface area contributed by atoms with Crippen LogP contribution in [0.4, 0.5) is 0 Å². The highest BCUT2D eigenvalue weighted by molar-refractivity contribution is 5.95. The standard InChI is InChI=1S/C24H28N2O3/c1-2-29-21-12-10-19(11-13-21)22-8-4-15-26(22)24(28)20-7-3-6-18(16-20)17-25-14-5-9-23(25)27/h3,6-7,10-13,16,22H,2,4-5,8-9,14-15,17H2,1H3. The molecular weight excluding hydrogens is 364 g/mol. The van der Waals surface area contributed by atoms with Crippen LogP contribution in [-0.2, 0) is 11.3 Å². The summed E-state index contributed by atoms with van der Waals surface area (Å²) in [6, 6.07) is 15.9. The highest BCUT2D eigenvalue weighted by Crippen LogP contribution is 2.34. The number of rotatable bonds is 6. The number of benzene rings is 2. The Morgan fingerprint density at radius 1 is 1.10 bits per heavy atom. The van der Waals surface area contributed by atoms with Crippen molar-refractivity contribution < 1.29 is 14.3 Å². The quantitative estimate of drug-likeness (QED) is 0.741. The normalized spacial score (nSPS) is 19.1. The number of carbonyl (C=O) groups is 2. The van der Waals surface area contributed by atoms with Gasteiger partial charge in [0.2, 0.25) is 5.91 Å². The average Bonchev–Trinajstić information content (AvgIpc) is 3.38. The number of likely N-dealkylation sites (tertiary alicyclic amines) is 2. The van der Waals surface area contributed by atoms with E-state index in [1.807, 2.05) is 53.1 Å². The molecule has 1 atom stereocenters. The molecule has 0 aromatic heterocycles. The first-order chi connectivity index (χ1) is 14.2. The summed E-state index contributed by atoms with van der Waals surface area (Å²) in [5.74, 6) is 1.13. The van der Waals surface area contributed by atoms with Crippen molar-refractivity contribution in [3.8, 4) is 5.75 Å². The second-order valence-electron chi connectivity index (χ2n) is 7.78. The second kappa shape index (κ2) is 8.68. The van der Waals surface area contributed by atoms with Crippen LogP contribution in [0.1, 0.15) is 60.1 Å². The maximum Gasteiger partial charge on any atom is 0.254 e. The average molecular weight is 392 g/mol. The summed E-state index contributed by atoms with van der Waals surface area (Å²) in [7, 11) is 0. The van der Waals surface area contributed by atoms with E-state index >= 15 is 0 Å². The number of amides is 2. The molecule has 0 radical (unpaired) electrons. The molecule has 2 saturated heterocycles. The molecule has 5 heteroatoms. The van der Waals surface area contributed by atoms with Crippen LogP contribution >= 0.6 is 0 Å². The van der Waals surface area contributed by atoms with Crippen LogP contribution < -0.4 is 4.74 Å². The summed E-state index contributed by atoms with van der Waals surface area (Å²) in [5, 5.41) is 0. The van der Waals surface area contributed by atoms with Crippen molar-refractivity contribution in [2.45, 2.75) is 45.2 Å². The Morgan fingerprint density at radius 2 is 1.93 bits per heavy atom. The van der Waals surface area contributed by atoms with E-state index in [0.717, 1.165) is 49.2 Å². The predicted molar refractivity (Wildman–Crippen MR) is 112 cm³/mol. The molecule has 4 rings (SSSR count). The Hall–Kier alpha value is -2.82. The zero-order chi connectivity index (χ0) is 20.2. The molecule has 29 heavy (non-hydrogen) atoms. The molecule has 2 fully saturated rings. The maximum atomic E-state index is 13.3. The Labute approximate surface area is 172 Å². The molecule has 0 saturated carbocycles. The van der Waals surface area contributed by atoms with Crippen molar-refractivity contribution in [2.24, 2.45) is 0 Å². The molecule has 2 amide bonds. The van der Waals surface area contributed by atoms with Crippen LogP contribution in [0.3, 0.4) is 0 Å². The largest absolute Gasteiger partial charge is 0.494 e. The van der Waals surface area contributed by atoms with Crippen molar-refractivity contribution in [2.75, 3.05) is 19.7 Å². The van der Waals surface area contributed by atoms with Gasteiger partial charge in [-0.2, -0.15) is 0 Å². The number of nitrogens with zero attached hydrogens (tertiary/aromatic N) is 2. The summed E-state index contributed by atoms with van der Waals surface area (Å²) < 4.78 is 5.53. The van der Waals surface area contributed by atoms with Gasteiger partial charge in [0.05, 0.1) is 12.6 Å². The molecule has 2 heterocycles. The van der Waals surface area contributed by atoms with Crippen LogP contribution in [0.5, 0.6) is 5.75 Å². The van der Waals surface area contributed by atoms with Gasteiger partial charge in [0, 0.05) is 31.6 Å². The van der Waals surface area contributed by atoms with Gasteiger partial charge in [-0.3, -0.25) is 9.59 Å². The molecule has 1 unspecified atom stereocenters. The molecule has 2 aromatic rings. The number of ether oxygens (including phenoxy) is 1. The lowest BCUT2D eigenvalue weighted by Gasteiger charge is -2.26. The van der Waals surface area contributed by atoms with Crippen molar-refractivity contribution in [1.29, 1.82) is 0 Å². The first kappa shape index (κ1) is 19.5. The van der Waals surface area contributed by atoms with E-state index in [0.29, 0.717) is 25.1 Å². The second-order valence-corrected chi connectivity index (χ2v) is 7.78. The van der Waals surface area contributed by atoms with Crippen LogP contribution in [-0.4, -0.2) is 41.3 Å². The van der Waals surface area contributed by atoms with E-state index in [4.69, 9.17) is 4.74 Å². The molecule has 5 nitrogen and oxygen atoms in total. The zero-order valence-corrected chi connectivity index (χ0v) is 17.0. The van der Waals surface area contributed by atoms with E-state index in [2.05, 4.69) is 12.1 Å². The minimum absolute atomic E-state index is 0.0657. The Morgan fingerprint density at radius 3 is 2.66 bits per heavy atom. The number of hydrogen-bond donors (Lipinski definition) is 0. The van der Waals surface area contributed by atoms with Gasteiger partial charge in [-0.1, -0.05) is 24.3 Å². The van der Waals surface area contributed by atoms with Gasteiger partial charge in [-0.15, -0.1) is 0 Å². The SMILES string of the molecule is CCOc1ccc(C2CCCN2C(=O)c2cccc(CN3CCCC3=O)c2)cc1. The molecule has 0 spiro atoms. The van der Waals surface area contributed by atoms with E-state index in [1.54, 1.807) is 0 Å². The van der Waals surface area contributed by atoms with Crippen molar-refractivity contribution in [1.82, 2.24) is 9.80 Å². The predicted octanol–water partition coefficient (Wildman–Crippen LogP) is 4.19. The molecule has 152 valence electrons. The Kier molecular flexibility index (Phi) is 5.84. The minimum Gasteiger partial charge on any atom is -0.494 e. The summed E-state index contributed by atoms with van der Waals surface area (Å²) >= 11 is 0. The first-order valence-corrected chi connectivity index (χ1v) is 10.6. The summed E-state index contributed by atoms with van der Waals surface area (Å²) in [5.41, 5.74) is 2.87. The van der Waals surface area contributed by atoms with E-state index < -0.39 is 0 Å². The van der Waals surface area contributed by atoms with Crippen LogP contribution in [0, 0.1) is 0 Å². The summed E-state index contributed by atoms with van der Waals surface area (Å²) in [6.45, 7) is 4.78. The third kappa shape index (κ3) is 4.29. The van der Waals surface area contributed by atoms with E-state index in [9.17, 15) is 9.59 Å². The molecule has 2 aromatic carbocycles. The van der Waals surface area contributed by atoms with Gasteiger partial charge in [0.1, 0.15) is 5.75 Å². The number of hydrogen-bond acceptors (Lipinski definition) is 3. The molecule has 0 N–H and O–H groups in total. The monoisotopic (exact) mass is 392 g/mol. The van der Waals surface area contributed by atoms with Crippen LogP contribution in [0.15, 0.2) is 48.5 Å². The van der Waals surface area contributed by atoms with Crippen LogP contribution in [0.25, 0.3) is 0 Å². The summed E-state index contributed by atoms with van der Waals surface area (Å²) in [6.07, 6.45) is 3.54. The lowest BCUT2D eigenvalue weighted by Crippen LogP contribution is -2.30. The smallest absolute Gasteiger partial charge is 0.254 e. The zero-order valence-electron chi connectivity index (χ0n) is 17.0. The highest BCUT2D eigenvalue weighted by Gasteiger charge is 2.31. The summed E-state index contributed by atoms with van der Waals surface area (Å²) in [4.78, 5) is 29.0. The Bertz CT molecular complexity index is 878. The molecule has 2 aliphatic heterocycles. The van der Waals surface area contributed by atoms with Gasteiger partial charge < -0.3 is 14.5 Å². The van der Waals surface area contributed by atoms with Gasteiger partial charge in [-0.05, 0) is 61.6 Å². The first-order valence-electron chi connectivity index (χ1n) is 10.6. The lowest BCUT2D eigenvalue weighted by molar-refractivity contribution is -0.128. The van der Waals surface area contributed by atoms with Gasteiger partial charge >= 0.3 is 0 Å². The van der Waals surface area contributed by atoms with E-state index in [-0.39, 0.29) is 17.9 Å². The van der Waals surface area contributed by atoms with Crippen molar-refractivity contribution in [3.05, 3.63) is 65.2 Å². The number of carbonyl (C=O) groups excluding carboxylic acids is 2. The maximum absolute atomic E-state index is 13.3. The fourth-order valence-corrected chi connectivity index (χ4v) is 4.37. The Balaban J connectivity index is 1.49. The van der Waals surface area contributed by atoms with E-state index in [1.165, 1.54) is 0 Å². The minimum atomic E-state index is 0.0657. The highest BCUT2D eigenvalue weighted by atomic mass is 16.5. The molecule has 0 bridgehead atoms. The molecule has 2 aliphatic rings. The van der Waals surface area contributed by atoms with Gasteiger partial charge in [-0.25, -0.2) is 0 Å². The molecular formula is C24H28N2O3. The van der Waals surface area contributed by atoms with Crippen molar-refractivity contribution >= 4 is 11.8 Å². The molecule has 0 aliphatic carbocycles. The fraction of sp³-hybridized carbons (Fsp3) is 0.417. The van der Waals surface area contributed by atoms with Gasteiger partial charge in [0.25, 0.3) is 5.91 Å². The third-order valence-corrected chi connectivity index (χ3v) is 5.81.